The van der Waals surface area contributed by atoms with Crippen LogP contribution in [-0.2, 0) is 6.42 Å². The van der Waals surface area contributed by atoms with Gasteiger partial charge in [-0.1, -0.05) is 18.2 Å². The molecule has 0 aliphatic heterocycles. The fourth-order valence-corrected chi connectivity index (χ4v) is 2.78. The van der Waals surface area contributed by atoms with Crippen LogP contribution in [-0.4, -0.2) is 31.7 Å². The normalized spacial score (nSPS) is 10.2. The first-order chi connectivity index (χ1) is 13.7. The van der Waals surface area contributed by atoms with E-state index in [0.717, 1.165) is 28.4 Å². The van der Waals surface area contributed by atoms with Gasteiger partial charge in [-0.3, -0.25) is 9.78 Å². The van der Waals surface area contributed by atoms with Crippen LogP contribution in [0.2, 0.25) is 0 Å². The first-order valence-electron chi connectivity index (χ1n) is 8.97. The van der Waals surface area contributed by atoms with Gasteiger partial charge in [-0.15, -0.1) is 0 Å². The molecular weight excluding hydrogens is 354 g/mol. The molecule has 0 fully saturated rings. The van der Waals surface area contributed by atoms with E-state index in [9.17, 15) is 4.79 Å². The smallest absolute Gasteiger partial charge is 0.269 e. The first kappa shape index (κ1) is 19.2. The molecule has 2 aromatic carbocycles. The predicted molar refractivity (Wildman–Crippen MR) is 110 cm³/mol. The van der Waals surface area contributed by atoms with Crippen molar-refractivity contribution in [2.24, 2.45) is 0 Å². The summed E-state index contributed by atoms with van der Waals surface area (Å²) in [5.41, 5.74) is 3.09. The average Bonchev–Trinajstić information content (AvgIpc) is 2.74. The van der Waals surface area contributed by atoms with Gasteiger partial charge in [0.15, 0.2) is 0 Å². The molecule has 0 aliphatic carbocycles. The third-order valence-corrected chi connectivity index (χ3v) is 4.24. The second-order valence-corrected chi connectivity index (χ2v) is 6.10. The lowest BCUT2D eigenvalue weighted by molar-refractivity contribution is 0.0949. The molecule has 144 valence electrons. The zero-order valence-electron chi connectivity index (χ0n) is 15.9. The van der Waals surface area contributed by atoms with Crippen LogP contribution < -0.4 is 20.1 Å². The number of nitrogens with one attached hydrogen (secondary N) is 2. The van der Waals surface area contributed by atoms with Crippen molar-refractivity contribution in [2.75, 3.05) is 26.1 Å². The lowest BCUT2D eigenvalue weighted by Gasteiger charge is -2.10. The molecule has 0 aliphatic rings. The number of amides is 1. The Bertz CT molecular complexity index is 926. The highest BCUT2D eigenvalue weighted by molar-refractivity contribution is 5.93. The molecule has 28 heavy (non-hydrogen) atoms. The molecule has 3 rings (SSSR count). The Morgan fingerprint density at radius 1 is 0.964 bits per heavy atom. The fraction of sp³-hybridized carbons (Fsp3) is 0.182. The molecule has 2 N–H and O–H groups in total. The number of methoxy groups -OCH3 is 2. The zero-order valence-corrected chi connectivity index (χ0v) is 15.9. The average molecular weight is 377 g/mol. The highest BCUT2D eigenvalue weighted by atomic mass is 16.5. The molecule has 3 aromatic rings. The van der Waals surface area contributed by atoms with Gasteiger partial charge in [-0.25, -0.2) is 0 Å². The largest absolute Gasteiger partial charge is 0.497 e. The zero-order chi connectivity index (χ0) is 19.8. The molecule has 0 bridgehead atoms. The second-order valence-electron chi connectivity index (χ2n) is 6.10. The van der Waals surface area contributed by atoms with Crippen LogP contribution in [0.1, 0.15) is 16.1 Å². The third-order valence-electron chi connectivity index (χ3n) is 4.24. The summed E-state index contributed by atoms with van der Waals surface area (Å²) in [6.45, 7) is 0.497. The summed E-state index contributed by atoms with van der Waals surface area (Å²) >= 11 is 0. The van der Waals surface area contributed by atoms with Crippen LogP contribution in [0.3, 0.4) is 0 Å². The summed E-state index contributed by atoms with van der Waals surface area (Å²) in [7, 11) is 3.27. The summed E-state index contributed by atoms with van der Waals surface area (Å²) in [5, 5.41) is 6.16. The maximum atomic E-state index is 12.4. The number of para-hydroxylation sites is 1. The maximum absolute atomic E-state index is 12.4. The Hall–Kier alpha value is -3.54. The van der Waals surface area contributed by atoms with Crippen LogP contribution in [0.5, 0.6) is 11.5 Å². The maximum Gasteiger partial charge on any atom is 0.269 e. The number of ether oxygens (including phenoxy) is 2. The summed E-state index contributed by atoms with van der Waals surface area (Å²) in [6, 6.07) is 18.9. The number of carbonyl (C=O) groups is 1. The molecule has 0 saturated carbocycles. The summed E-state index contributed by atoms with van der Waals surface area (Å²) in [4.78, 5) is 16.6. The van der Waals surface area contributed by atoms with Gasteiger partial charge >= 0.3 is 0 Å². The van der Waals surface area contributed by atoms with E-state index >= 15 is 0 Å². The number of nitrogens with zero attached hydrogens (tertiary/aromatic N) is 1. The van der Waals surface area contributed by atoms with E-state index in [4.69, 9.17) is 9.47 Å². The molecule has 0 radical (unpaired) electrons. The minimum atomic E-state index is -0.215. The lowest BCUT2D eigenvalue weighted by Crippen LogP contribution is -2.26. The number of benzene rings is 2. The molecule has 1 aromatic heterocycles. The lowest BCUT2D eigenvalue weighted by atomic mass is 10.1. The molecule has 0 atom stereocenters. The molecule has 6 heteroatoms. The number of rotatable bonds is 8. The SMILES string of the molecule is COc1ccc(Nc2ccnc(C(=O)NCCc3ccccc3OC)c2)cc1. The number of aromatic nitrogens is 1. The van der Waals surface area contributed by atoms with Crippen molar-refractivity contribution >= 4 is 17.3 Å². The number of carbonyl (C=O) groups excluding carboxylic acids is 1. The molecule has 0 spiro atoms. The molecule has 0 saturated heterocycles. The van der Waals surface area contributed by atoms with Gasteiger partial charge in [0, 0.05) is 24.1 Å². The fourth-order valence-electron chi connectivity index (χ4n) is 2.78. The molecule has 1 heterocycles. The molecule has 0 unspecified atom stereocenters. The first-order valence-corrected chi connectivity index (χ1v) is 8.97. The number of anilines is 2. The monoisotopic (exact) mass is 377 g/mol. The number of hydrogen-bond acceptors (Lipinski definition) is 5. The van der Waals surface area contributed by atoms with E-state index in [1.54, 1.807) is 26.5 Å². The van der Waals surface area contributed by atoms with E-state index < -0.39 is 0 Å². The molecule has 6 nitrogen and oxygen atoms in total. The van der Waals surface area contributed by atoms with E-state index in [1.165, 1.54) is 0 Å². The Morgan fingerprint density at radius 2 is 1.75 bits per heavy atom. The quantitative estimate of drug-likeness (QED) is 0.624. The highest BCUT2D eigenvalue weighted by Gasteiger charge is 2.09. The minimum Gasteiger partial charge on any atom is -0.497 e. The van der Waals surface area contributed by atoms with Crippen molar-refractivity contribution in [2.45, 2.75) is 6.42 Å². The van der Waals surface area contributed by atoms with Crippen LogP contribution in [0.4, 0.5) is 11.4 Å². The van der Waals surface area contributed by atoms with Crippen molar-refractivity contribution in [1.29, 1.82) is 0 Å². The Kier molecular flexibility index (Phi) is 6.46. The van der Waals surface area contributed by atoms with Gasteiger partial charge in [-0.05, 0) is 54.4 Å². The van der Waals surface area contributed by atoms with E-state index in [1.807, 2.05) is 54.6 Å². The Labute approximate surface area is 164 Å². The van der Waals surface area contributed by atoms with Crippen molar-refractivity contribution < 1.29 is 14.3 Å². The van der Waals surface area contributed by atoms with Crippen LogP contribution >= 0.6 is 0 Å². The Balaban J connectivity index is 1.58. The minimum absolute atomic E-state index is 0.215. The van der Waals surface area contributed by atoms with Crippen molar-refractivity contribution in [3.8, 4) is 11.5 Å². The number of hydrogen-bond donors (Lipinski definition) is 2. The van der Waals surface area contributed by atoms with E-state index in [-0.39, 0.29) is 5.91 Å². The van der Waals surface area contributed by atoms with Gasteiger partial charge in [0.25, 0.3) is 5.91 Å². The highest BCUT2D eigenvalue weighted by Crippen LogP contribution is 2.20. The van der Waals surface area contributed by atoms with Crippen molar-refractivity contribution in [3.05, 3.63) is 78.1 Å². The van der Waals surface area contributed by atoms with E-state index in [2.05, 4.69) is 15.6 Å². The van der Waals surface area contributed by atoms with Gasteiger partial charge in [0.05, 0.1) is 14.2 Å². The summed E-state index contributed by atoms with van der Waals surface area (Å²) in [6.07, 6.45) is 2.29. The van der Waals surface area contributed by atoms with Gasteiger partial charge in [-0.2, -0.15) is 0 Å². The molecule has 1 amide bonds. The summed E-state index contributed by atoms with van der Waals surface area (Å²) < 4.78 is 10.5. The van der Waals surface area contributed by atoms with Crippen molar-refractivity contribution in [1.82, 2.24) is 10.3 Å². The topological polar surface area (TPSA) is 72.5 Å². The van der Waals surface area contributed by atoms with Crippen LogP contribution in [0, 0.1) is 0 Å². The van der Waals surface area contributed by atoms with Crippen molar-refractivity contribution in [3.63, 3.8) is 0 Å². The second kappa shape index (κ2) is 9.41. The van der Waals surface area contributed by atoms with Crippen LogP contribution in [0.15, 0.2) is 66.9 Å². The van der Waals surface area contributed by atoms with Gasteiger partial charge in [0.2, 0.25) is 0 Å². The summed E-state index contributed by atoms with van der Waals surface area (Å²) in [5.74, 6) is 1.39. The van der Waals surface area contributed by atoms with Gasteiger partial charge in [0.1, 0.15) is 17.2 Å². The third kappa shape index (κ3) is 5.01. The van der Waals surface area contributed by atoms with E-state index in [0.29, 0.717) is 18.7 Å². The van der Waals surface area contributed by atoms with Crippen LogP contribution in [0.25, 0.3) is 0 Å². The number of pyridine rings is 1. The predicted octanol–water partition coefficient (Wildman–Crippen LogP) is 3.81. The standard InChI is InChI=1S/C22H23N3O3/c1-27-19-9-7-17(8-10-19)25-18-12-14-23-20(15-18)22(26)24-13-11-16-5-3-4-6-21(16)28-2/h3-10,12,14-15H,11,13H2,1-2H3,(H,23,25)(H,24,26). The van der Waals surface area contributed by atoms with Gasteiger partial charge < -0.3 is 20.1 Å². The Morgan fingerprint density at radius 3 is 2.50 bits per heavy atom. The molecular formula is C22H23N3O3.